The molecule has 9 heteroatoms. The molecule has 9 fully saturated rings. The first kappa shape index (κ1) is 65.6. The van der Waals surface area contributed by atoms with E-state index in [4.69, 9.17) is 14.2 Å². The van der Waals surface area contributed by atoms with Crippen LogP contribution < -0.4 is 10.6 Å². The minimum atomic E-state index is -0.294. The quantitative estimate of drug-likeness (QED) is 0.174. The van der Waals surface area contributed by atoms with Crippen molar-refractivity contribution in [1.82, 2.24) is 25.6 Å². The van der Waals surface area contributed by atoms with E-state index in [1.165, 1.54) is 174 Å². The lowest BCUT2D eigenvalue weighted by Gasteiger charge is -2.54. The Bertz CT molecular complexity index is 4420. The van der Waals surface area contributed by atoms with Crippen LogP contribution in [0, 0.1) is 34.0 Å². The fourth-order valence-electron chi connectivity index (χ4n) is 26.1. The summed E-state index contributed by atoms with van der Waals surface area (Å²) in [5, 5.41) is 15.4. The molecule has 6 aromatic rings. The molecule has 9 aliphatic carbocycles. The van der Waals surface area contributed by atoms with E-state index in [0.29, 0.717) is 66.2 Å². The van der Waals surface area contributed by atoms with Gasteiger partial charge < -0.3 is 24.8 Å². The average Bonchev–Trinajstić information content (AvgIpc) is 1.56. The maximum absolute atomic E-state index is 12.4. The van der Waals surface area contributed by atoms with E-state index in [0.717, 1.165) is 38.5 Å². The van der Waals surface area contributed by atoms with Gasteiger partial charge in [-0.05, 0) is 337 Å². The van der Waals surface area contributed by atoms with Crippen molar-refractivity contribution in [1.29, 1.82) is 0 Å². The van der Waals surface area contributed by atoms with Crippen LogP contribution in [0.2, 0.25) is 0 Å². The normalized spacial score (nSPS) is 40.3. The molecule has 3 aromatic carbocycles. The summed E-state index contributed by atoms with van der Waals surface area (Å²) in [6.07, 6.45) is 54.1. The van der Waals surface area contributed by atoms with Gasteiger partial charge in [0.2, 0.25) is 0 Å². The van der Waals surface area contributed by atoms with Crippen LogP contribution in [0.1, 0.15) is 251 Å². The first-order valence-electron chi connectivity index (χ1n) is 39.9. The van der Waals surface area contributed by atoms with Crippen molar-refractivity contribution >= 4 is 38.1 Å². The third-order valence-corrected chi connectivity index (χ3v) is 30.3. The number of Topliss-reactive ketones (excluding diaryl/α,β-unsaturated/α-hetero) is 1. The molecular weight excluding hydrogens is 1240 g/mol. The average molecular weight is 1350 g/mol. The number of aromatic nitrogens is 3. The molecule has 6 bridgehead atoms. The largest absolute Gasteiger partial charge is 0.359 e. The fourth-order valence-corrected chi connectivity index (χ4v) is 26.1. The van der Waals surface area contributed by atoms with Gasteiger partial charge in [0, 0.05) is 89.3 Å². The van der Waals surface area contributed by atoms with Crippen LogP contribution in [0.4, 0.5) is 0 Å². The lowest BCUT2D eigenvalue weighted by Crippen LogP contribution is -2.56. The Labute approximate surface area is 600 Å². The molecule has 2 N–H and O–H groups in total. The second kappa shape index (κ2) is 22.9. The van der Waals surface area contributed by atoms with Crippen LogP contribution in [-0.4, -0.2) is 77.5 Å². The van der Waals surface area contributed by atoms with Gasteiger partial charge in [-0.2, -0.15) is 0 Å². The lowest BCUT2D eigenvalue weighted by atomic mass is 9.58. The third kappa shape index (κ3) is 10.1. The van der Waals surface area contributed by atoms with E-state index in [2.05, 4.69) is 197 Å². The summed E-state index contributed by atoms with van der Waals surface area (Å²) in [6.45, 7) is 21.4. The summed E-state index contributed by atoms with van der Waals surface area (Å²) >= 11 is 0. The van der Waals surface area contributed by atoms with E-state index < -0.39 is 0 Å². The molecule has 526 valence electrons. The lowest BCUT2D eigenvalue weighted by molar-refractivity contribution is -0.146. The van der Waals surface area contributed by atoms with Gasteiger partial charge in [-0.25, -0.2) is 0 Å². The Morgan fingerprint density at radius 2 is 0.762 bits per heavy atom. The van der Waals surface area contributed by atoms with E-state index in [1.54, 1.807) is 11.1 Å². The summed E-state index contributed by atoms with van der Waals surface area (Å²) in [4.78, 5) is 25.5. The number of ether oxygens (including phenoxy) is 3. The number of carbonyl (C=O) groups excluding carboxylic acids is 1. The van der Waals surface area contributed by atoms with Crippen LogP contribution >= 0.6 is 0 Å². The molecule has 21 rings (SSSR count). The van der Waals surface area contributed by atoms with Crippen molar-refractivity contribution in [2.45, 2.75) is 291 Å². The van der Waals surface area contributed by atoms with Crippen LogP contribution in [0.25, 0.3) is 32.3 Å². The van der Waals surface area contributed by atoms with Gasteiger partial charge in [0.1, 0.15) is 5.78 Å². The Morgan fingerprint density at radius 1 is 0.406 bits per heavy atom. The zero-order chi connectivity index (χ0) is 69.0. The molecule has 6 unspecified atom stereocenters. The maximum Gasteiger partial charge on any atom is 0.136 e. The van der Waals surface area contributed by atoms with E-state index >= 15 is 0 Å². The number of rotatable bonds is 5. The standard InChI is InChI=1S/2C32H40N2O.C28H29NO2/c2*1-29(2,3)34-26-8-7-24-18-25-11-13-30(4)27(22-6-5-21-12-16-33-20-23(21)17-22)9-10-28(30)32(25)15-14-31(24,19-26)35-32;1-26-10-8-22-15-21-4-5-23(30)16-27(21)11-12-28(22,31-27)25(26)7-6-24(26)19-3-2-18-9-13-29-17-20(18)14-19/h2*5-6,11-12,16-18,20,26-28,34H,7-10,13-15,19H2,1-4H3;2-3,8-9,13-15,17,24-25H,4-7,10-12,16H2,1H3/t26-,27?,28+,30+,31+,32?;26-,27?,28-,30-,31-,32?;24?,25-,26-,27-,28?/m011/s1. The van der Waals surface area contributed by atoms with Gasteiger partial charge in [0.25, 0.3) is 0 Å². The Kier molecular flexibility index (Phi) is 14.9. The molecule has 9 nitrogen and oxygen atoms in total. The van der Waals surface area contributed by atoms with Crippen LogP contribution in [0.3, 0.4) is 0 Å². The number of allylic oxidation sites excluding steroid dienone is 3. The molecular formula is C92H109N5O4. The van der Waals surface area contributed by atoms with E-state index in [1.807, 2.05) is 37.2 Å². The summed E-state index contributed by atoms with van der Waals surface area (Å²) in [5.74, 6) is 3.79. The topological polar surface area (TPSA) is 107 Å². The Hall–Kier alpha value is -6.20. The molecule has 6 spiro atoms. The highest BCUT2D eigenvalue weighted by atomic mass is 16.5. The van der Waals surface area contributed by atoms with Gasteiger partial charge in [-0.15, -0.1) is 0 Å². The number of benzene rings is 3. The number of fused-ring (bicyclic) bond motifs is 6. The number of nitrogens with one attached hydrogen (secondary N) is 2. The van der Waals surface area contributed by atoms with Crippen molar-refractivity contribution in [3.05, 3.63) is 197 Å². The minimum Gasteiger partial charge on any atom is -0.359 e. The first-order chi connectivity index (χ1) is 48.4. The summed E-state index contributed by atoms with van der Waals surface area (Å²) in [6, 6.07) is 28.6. The monoisotopic (exact) mass is 1350 g/mol. The highest BCUT2D eigenvalue weighted by molar-refractivity contribution is 5.85. The van der Waals surface area contributed by atoms with Crippen LogP contribution in [0.15, 0.2) is 180 Å². The number of hydrogen-bond acceptors (Lipinski definition) is 9. The molecule has 0 amide bonds. The van der Waals surface area contributed by atoms with Gasteiger partial charge in [0.15, 0.2) is 0 Å². The molecule has 6 aliphatic heterocycles. The molecule has 0 radical (unpaired) electrons. The maximum atomic E-state index is 12.4. The second-order valence-electron chi connectivity index (χ2n) is 38.0. The predicted octanol–water partition coefficient (Wildman–Crippen LogP) is 20.5. The SMILES string of the molecule is CC(C)(C)N[C@@H]1CCC2=CC3=CC[C@]4(C)C(c5ccc6ccncc6c5)CC[C@H]4C34CC[C@]2(C1)O4.CC(C)(C)N[C@H]1CCC2=CC3=CC[C@]4(C)C(c5ccc6ccncc6c5)CC[C@H]4C34CC[C@]2(C1)O4.C[C@]12CC=C3C=C4CCC(=O)C[C@]45CCC3(O5)[C@@H]1CCC2c1ccc2ccncc2c1. The zero-order valence-corrected chi connectivity index (χ0v) is 61.9. The molecule has 3 saturated heterocycles. The first-order valence-corrected chi connectivity index (χ1v) is 39.9. The van der Waals surface area contributed by atoms with Crippen LogP contribution in [0.5, 0.6) is 0 Å². The van der Waals surface area contributed by atoms with Crippen LogP contribution in [-0.2, 0) is 19.0 Å². The molecule has 17 atom stereocenters. The van der Waals surface area contributed by atoms with Crippen molar-refractivity contribution in [3.8, 4) is 0 Å². The van der Waals surface area contributed by atoms with Crippen molar-refractivity contribution in [2.75, 3.05) is 0 Å². The summed E-state index contributed by atoms with van der Waals surface area (Å²) in [5.41, 5.74) is 13.8. The molecule has 15 aliphatic rings. The highest BCUT2D eigenvalue weighted by Gasteiger charge is 2.70. The third-order valence-electron chi connectivity index (χ3n) is 30.3. The van der Waals surface area contributed by atoms with Gasteiger partial charge >= 0.3 is 0 Å². The fraction of sp³-hybridized carbons (Fsp3) is 0.565. The Morgan fingerprint density at radius 3 is 1.14 bits per heavy atom. The van der Waals surface area contributed by atoms with Gasteiger partial charge in [-0.1, -0.05) is 93.6 Å². The molecule has 9 heterocycles. The van der Waals surface area contributed by atoms with Gasteiger partial charge in [0.05, 0.1) is 33.6 Å². The predicted molar refractivity (Wildman–Crippen MR) is 406 cm³/mol. The molecule has 6 saturated carbocycles. The minimum absolute atomic E-state index is 0.0382. The van der Waals surface area contributed by atoms with E-state index in [9.17, 15) is 4.79 Å². The van der Waals surface area contributed by atoms with Crippen molar-refractivity contribution < 1.29 is 19.0 Å². The smallest absolute Gasteiger partial charge is 0.136 e. The summed E-state index contributed by atoms with van der Waals surface area (Å²) < 4.78 is 22.1. The number of hydrogen-bond donors (Lipinski definition) is 2. The molecule has 101 heavy (non-hydrogen) atoms. The van der Waals surface area contributed by atoms with Gasteiger partial charge in [-0.3, -0.25) is 19.7 Å². The Balaban J connectivity index is 0.000000105. The van der Waals surface area contributed by atoms with E-state index in [-0.39, 0.29) is 60.9 Å². The number of carbonyl (C=O) groups is 1. The molecule has 3 aromatic heterocycles. The van der Waals surface area contributed by atoms with Crippen molar-refractivity contribution in [2.24, 2.45) is 34.0 Å². The zero-order valence-electron chi connectivity index (χ0n) is 61.9. The van der Waals surface area contributed by atoms with Crippen molar-refractivity contribution in [3.63, 3.8) is 0 Å². The summed E-state index contributed by atoms with van der Waals surface area (Å²) in [7, 11) is 0. The second-order valence-corrected chi connectivity index (χ2v) is 38.0. The highest BCUT2D eigenvalue weighted by Crippen LogP contribution is 2.73. The number of ketones is 1. The number of pyridine rings is 3. The number of nitrogens with zero attached hydrogens (tertiary/aromatic N) is 3.